The number of nitriles is 1. The second kappa shape index (κ2) is 4.61. The summed E-state index contributed by atoms with van der Waals surface area (Å²) in [4.78, 5) is 0. The Kier molecular flexibility index (Phi) is 4.29. The maximum atomic E-state index is 8.04. The van der Waals surface area contributed by atoms with E-state index in [1.807, 2.05) is 19.9 Å². The first kappa shape index (κ1) is 7.45. The Hall–Kier alpha value is -0.550. The third-order valence-corrected chi connectivity index (χ3v) is 1.01. The highest BCUT2D eigenvalue weighted by Crippen LogP contribution is 1.93. The molecule has 0 saturated heterocycles. The summed E-state index contributed by atoms with van der Waals surface area (Å²) >= 11 is 0. The van der Waals surface area contributed by atoms with E-state index in [-0.39, 0.29) is 12.7 Å². The van der Waals surface area contributed by atoms with Gasteiger partial charge in [0.1, 0.15) is 6.61 Å². The summed E-state index contributed by atoms with van der Waals surface area (Å²) in [6.45, 7) is 4.20. The maximum absolute atomic E-state index is 8.04. The Bertz CT molecular complexity index is 85.0. The molecule has 0 rings (SSSR count). The van der Waals surface area contributed by atoms with E-state index in [0.717, 1.165) is 6.42 Å². The van der Waals surface area contributed by atoms with E-state index in [1.165, 1.54) is 0 Å². The van der Waals surface area contributed by atoms with E-state index >= 15 is 0 Å². The molecule has 0 aromatic heterocycles. The van der Waals surface area contributed by atoms with Crippen LogP contribution in [0.4, 0.5) is 0 Å². The average Bonchev–Trinajstić information content (AvgIpc) is 1.83. The van der Waals surface area contributed by atoms with Crippen molar-refractivity contribution in [3.05, 3.63) is 0 Å². The number of rotatable bonds is 3. The van der Waals surface area contributed by atoms with E-state index in [1.54, 1.807) is 0 Å². The Morgan fingerprint density at radius 3 is 2.75 bits per heavy atom. The van der Waals surface area contributed by atoms with Gasteiger partial charge in [-0.05, 0) is 13.3 Å². The molecule has 2 heteroatoms. The molecule has 0 heterocycles. The molecule has 0 N–H and O–H groups in total. The van der Waals surface area contributed by atoms with Crippen LogP contribution < -0.4 is 0 Å². The largest absolute Gasteiger partial charge is 0.364 e. The molecule has 0 fully saturated rings. The fraction of sp³-hybridized carbons (Fsp3) is 0.833. The molecule has 0 radical (unpaired) electrons. The Morgan fingerprint density at radius 2 is 2.38 bits per heavy atom. The van der Waals surface area contributed by atoms with Crippen molar-refractivity contribution in [1.29, 1.82) is 5.26 Å². The molecule has 0 unspecified atom stereocenters. The fourth-order valence-electron chi connectivity index (χ4n) is 0.297. The first-order valence-electron chi connectivity index (χ1n) is 2.79. The van der Waals surface area contributed by atoms with Gasteiger partial charge in [0.2, 0.25) is 0 Å². The summed E-state index contributed by atoms with van der Waals surface area (Å²) in [6.07, 6.45) is 1.21. The quantitative estimate of drug-likeness (QED) is 0.553. The highest BCUT2D eigenvalue weighted by atomic mass is 16.5. The minimum atomic E-state index is 0.217. The minimum Gasteiger partial charge on any atom is -0.364 e. The Labute approximate surface area is 50.1 Å². The highest BCUT2D eigenvalue weighted by molar-refractivity contribution is 4.67. The van der Waals surface area contributed by atoms with Gasteiger partial charge in [-0.2, -0.15) is 5.26 Å². The molecule has 1 atom stereocenters. The molecule has 0 aromatic rings. The number of hydrogen-bond acceptors (Lipinski definition) is 2. The zero-order chi connectivity index (χ0) is 6.41. The second-order valence-corrected chi connectivity index (χ2v) is 1.69. The molecule has 2 nitrogen and oxygen atoms in total. The summed E-state index contributed by atoms with van der Waals surface area (Å²) in [7, 11) is 0. The van der Waals surface area contributed by atoms with Crippen LogP contribution in [0.3, 0.4) is 0 Å². The lowest BCUT2D eigenvalue weighted by Crippen LogP contribution is -2.05. The first-order valence-corrected chi connectivity index (χ1v) is 2.79. The zero-order valence-corrected chi connectivity index (χ0v) is 5.35. The van der Waals surface area contributed by atoms with Crippen molar-refractivity contribution in [1.82, 2.24) is 0 Å². The number of hydrogen-bond donors (Lipinski definition) is 0. The van der Waals surface area contributed by atoms with Crippen molar-refractivity contribution < 1.29 is 4.74 Å². The summed E-state index contributed by atoms with van der Waals surface area (Å²) in [6, 6.07) is 1.91. The van der Waals surface area contributed by atoms with Crippen molar-refractivity contribution in [3.63, 3.8) is 0 Å². The van der Waals surface area contributed by atoms with E-state index in [4.69, 9.17) is 10.00 Å². The van der Waals surface area contributed by atoms with E-state index in [2.05, 4.69) is 0 Å². The molecule has 0 aliphatic rings. The van der Waals surface area contributed by atoms with Crippen LogP contribution in [0.25, 0.3) is 0 Å². The SMILES string of the molecule is CC[C@H](C)OCC#N. The summed E-state index contributed by atoms with van der Waals surface area (Å²) in [5.74, 6) is 0. The van der Waals surface area contributed by atoms with Crippen molar-refractivity contribution in [3.8, 4) is 6.07 Å². The van der Waals surface area contributed by atoms with E-state index < -0.39 is 0 Å². The van der Waals surface area contributed by atoms with Crippen molar-refractivity contribution in [2.24, 2.45) is 0 Å². The van der Waals surface area contributed by atoms with Gasteiger partial charge in [-0.3, -0.25) is 0 Å². The molecule has 0 aromatic carbocycles. The van der Waals surface area contributed by atoms with Gasteiger partial charge in [-0.1, -0.05) is 6.92 Å². The third kappa shape index (κ3) is 3.63. The average molecular weight is 113 g/mol. The van der Waals surface area contributed by atoms with Gasteiger partial charge in [0.25, 0.3) is 0 Å². The van der Waals surface area contributed by atoms with Gasteiger partial charge in [0.05, 0.1) is 12.2 Å². The topological polar surface area (TPSA) is 33.0 Å². The molecule has 46 valence electrons. The number of ether oxygens (including phenoxy) is 1. The van der Waals surface area contributed by atoms with Crippen LogP contribution in [-0.2, 0) is 4.74 Å². The van der Waals surface area contributed by atoms with Gasteiger partial charge >= 0.3 is 0 Å². The van der Waals surface area contributed by atoms with Crippen molar-refractivity contribution in [2.75, 3.05) is 6.61 Å². The molecular weight excluding hydrogens is 102 g/mol. The lowest BCUT2D eigenvalue weighted by molar-refractivity contribution is 0.0886. The van der Waals surface area contributed by atoms with Crippen LogP contribution in [0, 0.1) is 11.3 Å². The summed E-state index contributed by atoms with van der Waals surface area (Å²) in [5, 5.41) is 8.04. The van der Waals surface area contributed by atoms with E-state index in [0.29, 0.717) is 0 Å². The molecule has 0 aliphatic heterocycles. The third-order valence-electron chi connectivity index (χ3n) is 1.01. The van der Waals surface area contributed by atoms with Crippen LogP contribution in [-0.4, -0.2) is 12.7 Å². The molecule has 8 heavy (non-hydrogen) atoms. The highest BCUT2D eigenvalue weighted by Gasteiger charge is 1.93. The smallest absolute Gasteiger partial charge is 0.134 e. The maximum Gasteiger partial charge on any atom is 0.134 e. The lowest BCUT2D eigenvalue weighted by Gasteiger charge is -2.04. The van der Waals surface area contributed by atoms with Crippen LogP contribution in [0.2, 0.25) is 0 Å². The second-order valence-electron chi connectivity index (χ2n) is 1.69. The fourth-order valence-corrected chi connectivity index (χ4v) is 0.297. The van der Waals surface area contributed by atoms with Crippen molar-refractivity contribution >= 4 is 0 Å². The van der Waals surface area contributed by atoms with Crippen LogP contribution in [0.15, 0.2) is 0 Å². The van der Waals surface area contributed by atoms with Gasteiger partial charge < -0.3 is 4.74 Å². The summed E-state index contributed by atoms with van der Waals surface area (Å²) in [5.41, 5.74) is 0. The molecule has 0 saturated carbocycles. The van der Waals surface area contributed by atoms with Crippen LogP contribution in [0.1, 0.15) is 20.3 Å². The van der Waals surface area contributed by atoms with Gasteiger partial charge in [0, 0.05) is 0 Å². The lowest BCUT2D eigenvalue weighted by atomic mass is 10.3. The molecule has 0 amide bonds. The first-order chi connectivity index (χ1) is 3.81. The molecule has 0 bridgehead atoms. The Balaban J connectivity index is 3.01. The molecular formula is C6H11NO. The van der Waals surface area contributed by atoms with Gasteiger partial charge in [0.15, 0.2) is 0 Å². The molecule has 0 aliphatic carbocycles. The number of nitrogens with zero attached hydrogens (tertiary/aromatic N) is 1. The predicted molar refractivity (Wildman–Crippen MR) is 31.3 cm³/mol. The molecule has 0 spiro atoms. The monoisotopic (exact) mass is 113 g/mol. The van der Waals surface area contributed by atoms with Crippen LogP contribution in [0.5, 0.6) is 0 Å². The zero-order valence-electron chi connectivity index (χ0n) is 5.35. The van der Waals surface area contributed by atoms with Gasteiger partial charge in [-0.25, -0.2) is 0 Å². The predicted octanol–water partition coefficient (Wildman–Crippen LogP) is 1.33. The van der Waals surface area contributed by atoms with Crippen molar-refractivity contribution in [2.45, 2.75) is 26.4 Å². The van der Waals surface area contributed by atoms with Crippen LogP contribution >= 0.6 is 0 Å². The van der Waals surface area contributed by atoms with E-state index in [9.17, 15) is 0 Å². The Morgan fingerprint density at radius 1 is 1.75 bits per heavy atom. The normalized spacial score (nSPS) is 12.6. The van der Waals surface area contributed by atoms with Gasteiger partial charge in [-0.15, -0.1) is 0 Å². The minimum absolute atomic E-state index is 0.217. The summed E-state index contributed by atoms with van der Waals surface area (Å²) < 4.78 is 4.98. The standard InChI is InChI=1S/C6H11NO/c1-3-6(2)8-5-4-7/h6H,3,5H2,1-2H3/t6-/m0/s1.